The summed E-state index contributed by atoms with van der Waals surface area (Å²) in [5, 5.41) is 3.54. The van der Waals surface area contributed by atoms with Crippen LogP contribution in [0.2, 0.25) is 5.02 Å². The van der Waals surface area contributed by atoms with Gasteiger partial charge < -0.3 is 5.32 Å². The number of rotatable bonds is 5. The van der Waals surface area contributed by atoms with Crippen LogP contribution in [0.1, 0.15) is 31.2 Å². The zero-order valence-corrected chi connectivity index (χ0v) is 13.4. The maximum absolute atomic E-state index is 13.6. The van der Waals surface area contributed by atoms with Gasteiger partial charge in [0.15, 0.2) is 0 Å². The van der Waals surface area contributed by atoms with Crippen LogP contribution in [-0.2, 0) is 10.5 Å². The molecule has 2 fully saturated rings. The van der Waals surface area contributed by atoms with Gasteiger partial charge in [-0.25, -0.2) is 4.39 Å². The fourth-order valence-electron chi connectivity index (χ4n) is 3.56. The second-order valence-corrected chi connectivity index (χ2v) is 7.50. The number of halogens is 2. The van der Waals surface area contributed by atoms with Crippen LogP contribution in [0.3, 0.4) is 0 Å². The molecule has 2 nitrogen and oxygen atoms in total. The second kappa shape index (κ2) is 6.57. The van der Waals surface area contributed by atoms with Crippen molar-refractivity contribution < 1.29 is 9.18 Å². The van der Waals surface area contributed by atoms with Crippen molar-refractivity contribution in [1.82, 2.24) is 5.32 Å². The summed E-state index contributed by atoms with van der Waals surface area (Å²) in [6.07, 6.45) is 5.03. The molecule has 5 heteroatoms. The van der Waals surface area contributed by atoms with E-state index < -0.39 is 0 Å². The topological polar surface area (TPSA) is 29.1 Å². The van der Waals surface area contributed by atoms with Gasteiger partial charge in [0.25, 0.3) is 0 Å². The van der Waals surface area contributed by atoms with E-state index in [1.807, 2.05) is 0 Å². The molecule has 0 aliphatic heterocycles. The lowest BCUT2D eigenvalue weighted by atomic mass is 9.95. The summed E-state index contributed by atoms with van der Waals surface area (Å²) >= 11 is 7.16. The Kier molecular flexibility index (Phi) is 4.75. The van der Waals surface area contributed by atoms with Gasteiger partial charge in [0.1, 0.15) is 5.82 Å². The van der Waals surface area contributed by atoms with Crippen molar-refractivity contribution >= 4 is 29.3 Å². The van der Waals surface area contributed by atoms with Crippen LogP contribution >= 0.6 is 23.4 Å². The van der Waals surface area contributed by atoms with E-state index >= 15 is 0 Å². The lowest BCUT2D eigenvalue weighted by Gasteiger charge is -2.22. The van der Waals surface area contributed by atoms with E-state index in [-0.39, 0.29) is 11.7 Å². The molecule has 2 saturated carbocycles. The average molecular weight is 328 g/mol. The molecule has 0 aromatic heterocycles. The van der Waals surface area contributed by atoms with E-state index in [2.05, 4.69) is 5.32 Å². The lowest BCUT2D eigenvalue weighted by Crippen LogP contribution is -2.39. The van der Waals surface area contributed by atoms with Crippen molar-refractivity contribution in [3.63, 3.8) is 0 Å². The number of hydrogen-bond donors (Lipinski definition) is 1. The molecule has 3 rings (SSSR count). The molecule has 114 valence electrons. The van der Waals surface area contributed by atoms with E-state index in [9.17, 15) is 9.18 Å². The Hall–Kier alpha value is -0.740. The first-order valence-corrected chi connectivity index (χ1v) is 8.96. The fraction of sp³-hybridized carbons (Fsp3) is 0.562. The van der Waals surface area contributed by atoms with Crippen LogP contribution in [0, 0.1) is 17.7 Å². The highest BCUT2D eigenvalue weighted by Crippen LogP contribution is 2.44. The van der Waals surface area contributed by atoms with Gasteiger partial charge in [-0.3, -0.25) is 4.79 Å². The Labute approximate surface area is 133 Å². The zero-order valence-electron chi connectivity index (χ0n) is 11.8. The standard InChI is InChI=1S/C16H19ClFNOS/c17-13-4-3-12(14(18)7-13)8-21-9-16(20)19-15-6-10-1-2-11(15)5-10/h3-4,7,10-11,15H,1-2,5-6,8-9H2,(H,19,20). The van der Waals surface area contributed by atoms with E-state index in [1.165, 1.54) is 37.1 Å². The van der Waals surface area contributed by atoms with Gasteiger partial charge in [-0.2, -0.15) is 0 Å². The number of fused-ring (bicyclic) bond motifs is 2. The molecular weight excluding hydrogens is 309 g/mol. The molecule has 1 amide bonds. The van der Waals surface area contributed by atoms with Gasteiger partial charge >= 0.3 is 0 Å². The Morgan fingerprint density at radius 1 is 1.38 bits per heavy atom. The molecule has 3 unspecified atom stereocenters. The third-order valence-electron chi connectivity index (χ3n) is 4.59. The molecule has 2 aliphatic rings. The second-order valence-electron chi connectivity index (χ2n) is 6.08. The van der Waals surface area contributed by atoms with Gasteiger partial charge in [-0.15, -0.1) is 11.8 Å². The smallest absolute Gasteiger partial charge is 0.230 e. The van der Waals surface area contributed by atoms with E-state index in [4.69, 9.17) is 11.6 Å². The van der Waals surface area contributed by atoms with Crippen molar-refractivity contribution in [3.05, 3.63) is 34.6 Å². The van der Waals surface area contributed by atoms with Crippen LogP contribution in [0.5, 0.6) is 0 Å². The largest absolute Gasteiger partial charge is 0.352 e. The maximum Gasteiger partial charge on any atom is 0.230 e. The third-order valence-corrected chi connectivity index (χ3v) is 5.81. The number of nitrogens with one attached hydrogen (secondary N) is 1. The minimum Gasteiger partial charge on any atom is -0.352 e. The van der Waals surface area contributed by atoms with Crippen LogP contribution in [0.4, 0.5) is 4.39 Å². The van der Waals surface area contributed by atoms with Crippen molar-refractivity contribution in [1.29, 1.82) is 0 Å². The number of amides is 1. The molecule has 2 aliphatic carbocycles. The first kappa shape index (κ1) is 15.2. The molecule has 3 atom stereocenters. The Bertz CT molecular complexity index is 539. The highest BCUT2D eigenvalue weighted by Gasteiger charge is 2.39. The van der Waals surface area contributed by atoms with Gasteiger partial charge in [0.05, 0.1) is 5.75 Å². The number of hydrogen-bond acceptors (Lipinski definition) is 2. The fourth-order valence-corrected chi connectivity index (χ4v) is 4.55. The molecule has 0 saturated heterocycles. The molecule has 2 bridgehead atoms. The predicted molar refractivity (Wildman–Crippen MR) is 85.0 cm³/mol. The molecule has 1 aromatic rings. The van der Waals surface area contributed by atoms with Crippen LogP contribution in [-0.4, -0.2) is 17.7 Å². The number of benzene rings is 1. The lowest BCUT2D eigenvalue weighted by molar-refractivity contribution is -0.119. The Balaban J connectivity index is 1.42. The molecule has 0 radical (unpaired) electrons. The average Bonchev–Trinajstić information content (AvgIpc) is 3.03. The molecule has 1 aromatic carbocycles. The highest BCUT2D eigenvalue weighted by atomic mass is 35.5. The van der Waals surface area contributed by atoms with E-state index in [1.54, 1.807) is 12.1 Å². The minimum absolute atomic E-state index is 0.0759. The van der Waals surface area contributed by atoms with Crippen molar-refractivity contribution in [2.24, 2.45) is 11.8 Å². The highest BCUT2D eigenvalue weighted by molar-refractivity contribution is 7.99. The molecule has 1 N–H and O–H groups in total. The van der Waals surface area contributed by atoms with Crippen LogP contribution in [0.25, 0.3) is 0 Å². The van der Waals surface area contributed by atoms with E-state index in [0.29, 0.717) is 34.1 Å². The maximum atomic E-state index is 13.6. The number of carbonyl (C=O) groups excluding carboxylic acids is 1. The quantitative estimate of drug-likeness (QED) is 0.885. The number of thioether (sulfide) groups is 1. The Morgan fingerprint density at radius 2 is 2.24 bits per heavy atom. The summed E-state index contributed by atoms with van der Waals surface area (Å²) < 4.78 is 13.6. The SMILES string of the molecule is O=C(CSCc1ccc(Cl)cc1F)NC1CC2CCC1C2. The van der Waals surface area contributed by atoms with Gasteiger partial charge in [0.2, 0.25) is 5.91 Å². The first-order chi connectivity index (χ1) is 10.1. The van der Waals surface area contributed by atoms with Crippen molar-refractivity contribution in [2.75, 3.05) is 5.75 Å². The molecule has 0 heterocycles. The Morgan fingerprint density at radius 3 is 2.90 bits per heavy atom. The summed E-state index contributed by atoms with van der Waals surface area (Å²) in [6.45, 7) is 0. The van der Waals surface area contributed by atoms with Gasteiger partial charge in [0, 0.05) is 16.8 Å². The normalized spacial score (nSPS) is 27.0. The molecule has 21 heavy (non-hydrogen) atoms. The third kappa shape index (κ3) is 3.72. The van der Waals surface area contributed by atoms with Crippen LogP contribution < -0.4 is 5.32 Å². The summed E-state index contributed by atoms with van der Waals surface area (Å²) in [4.78, 5) is 12.0. The van der Waals surface area contributed by atoms with Crippen molar-refractivity contribution in [3.8, 4) is 0 Å². The summed E-state index contributed by atoms with van der Waals surface area (Å²) in [5.74, 6) is 2.17. The minimum atomic E-state index is -0.302. The first-order valence-electron chi connectivity index (χ1n) is 7.43. The van der Waals surface area contributed by atoms with Gasteiger partial charge in [-0.1, -0.05) is 24.1 Å². The molecular formula is C16H19ClFNOS. The van der Waals surface area contributed by atoms with Crippen LogP contribution in [0.15, 0.2) is 18.2 Å². The molecule has 0 spiro atoms. The summed E-state index contributed by atoms with van der Waals surface area (Å²) in [5.41, 5.74) is 0.595. The number of carbonyl (C=O) groups is 1. The monoisotopic (exact) mass is 327 g/mol. The van der Waals surface area contributed by atoms with Gasteiger partial charge in [-0.05, 0) is 48.8 Å². The predicted octanol–water partition coefficient (Wildman–Crippen LogP) is 4.02. The summed E-state index contributed by atoms with van der Waals surface area (Å²) in [6, 6.07) is 5.05. The van der Waals surface area contributed by atoms with E-state index in [0.717, 1.165) is 12.3 Å². The van der Waals surface area contributed by atoms with Crippen molar-refractivity contribution in [2.45, 2.75) is 37.5 Å². The zero-order chi connectivity index (χ0) is 14.8. The summed E-state index contributed by atoms with van der Waals surface area (Å²) in [7, 11) is 0.